The standard InChI is InChI=1S/C22H28BrF3N6O3/c1-21(2,3)35-20(33)32-7-6-13(12-32)9-29-19-30-11-16(27)18(31-19)28-10-14-8-15(23)4-5-17(14)34-22(24,25)26/h4-5,8,11,13H,6-7,9-10,12,27H2,1-3H3,(H2,28,29,30,31). The van der Waals surface area contributed by atoms with Gasteiger partial charge in [-0.2, -0.15) is 4.98 Å². The molecule has 3 rings (SSSR count). The molecule has 1 aromatic carbocycles. The van der Waals surface area contributed by atoms with Crippen LogP contribution in [0.2, 0.25) is 0 Å². The Hall–Kier alpha value is -2.96. The third kappa shape index (κ3) is 8.34. The van der Waals surface area contributed by atoms with E-state index in [1.54, 1.807) is 4.90 Å². The summed E-state index contributed by atoms with van der Waals surface area (Å²) in [6.45, 7) is 7.13. The smallest absolute Gasteiger partial charge is 0.444 e. The van der Waals surface area contributed by atoms with Gasteiger partial charge in [-0.1, -0.05) is 15.9 Å². The molecule has 0 aliphatic carbocycles. The highest BCUT2D eigenvalue weighted by Crippen LogP contribution is 2.30. The number of nitrogen functional groups attached to an aromatic ring is 1. The molecule has 35 heavy (non-hydrogen) atoms. The average molecular weight is 561 g/mol. The lowest BCUT2D eigenvalue weighted by molar-refractivity contribution is -0.274. The van der Waals surface area contributed by atoms with Crippen LogP contribution in [0.15, 0.2) is 28.9 Å². The van der Waals surface area contributed by atoms with E-state index in [0.29, 0.717) is 30.1 Å². The van der Waals surface area contributed by atoms with E-state index >= 15 is 0 Å². The minimum atomic E-state index is -4.81. The number of carbonyl (C=O) groups excluding carboxylic acids is 1. The minimum absolute atomic E-state index is 0.0149. The van der Waals surface area contributed by atoms with Gasteiger partial charge in [0, 0.05) is 36.2 Å². The van der Waals surface area contributed by atoms with Crippen LogP contribution < -0.4 is 21.1 Å². The molecule has 2 aromatic rings. The number of benzene rings is 1. The molecule has 2 heterocycles. The topological polar surface area (TPSA) is 115 Å². The van der Waals surface area contributed by atoms with Gasteiger partial charge in [0.1, 0.15) is 11.4 Å². The molecule has 4 N–H and O–H groups in total. The third-order valence-corrected chi connectivity index (χ3v) is 5.49. The lowest BCUT2D eigenvalue weighted by atomic mass is 10.1. The van der Waals surface area contributed by atoms with Gasteiger partial charge in [0.05, 0.1) is 11.9 Å². The van der Waals surface area contributed by atoms with E-state index in [1.165, 1.54) is 24.4 Å². The molecule has 1 aliphatic rings. The Bertz CT molecular complexity index is 1050. The number of anilines is 3. The summed E-state index contributed by atoms with van der Waals surface area (Å²) in [5.41, 5.74) is 5.90. The lowest BCUT2D eigenvalue weighted by Gasteiger charge is -2.24. The second-order valence-corrected chi connectivity index (χ2v) is 10.0. The van der Waals surface area contributed by atoms with Crippen LogP contribution in [-0.2, 0) is 11.3 Å². The van der Waals surface area contributed by atoms with Crippen LogP contribution in [0.4, 0.5) is 35.4 Å². The Morgan fingerprint density at radius 1 is 1.29 bits per heavy atom. The van der Waals surface area contributed by atoms with Gasteiger partial charge in [0.2, 0.25) is 5.95 Å². The summed E-state index contributed by atoms with van der Waals surface area (Å²) in [6, 6.07) is 4.20. The molecule has 0 bridgehead atoms. The molecule has 0 spiro atoms. The summed E-state index contributed by atoms with van der Waals surface area (Å²) in [4.78, 5) is 22.4. The quantitative estimate of drug-likeness (QED) is 0.433. The number of carbonyl (C=O) groups is 1. The molecular weight excluding hydrogens is 533 g/mol. The number of amides is 1. The van der Waals surface area contributed by atoms with Crippen molar-refractivity contribution in [2.45, 2.75) is 45.7 Å². The fourth-order valence-corrected chi connectivity index (χ4v) is 3.84. The predicted octanol–water partition coefficient (Wildman–Crippen LogP) is 5.00. The Morgan fingerprint density at radius 2 is 2.03 bits per heavy atom. The van der Waals surface area contributed by atoms with Crippen molar-refractivity contribution in [1.29, 1.82) is 0 Å². The van der Waals surface area contributed by atoms with Gasteiger partial charge in [0.15, 0.2) is 5.82 Å². The Kier molecular flexibility index (Phi) is 8.18. The molecule has 1 atom stereocenters. The summed E-state index contributed by atoms with van der Waals surface area (Å²) in [5.74, 6) is 0.430. The summed E-state index contributed by atoms with van der Waals surface area (Å²) in [5, 5.41) is 6.08. The zero-order valence-corrected chi connectivity index (χ0v) is 21.2. The fraction of sp³-hybridized carbons (Fsp3) is 0.500. The molecule has 1 aromatic heterocycles. The van der Waals surface area contributed by atoms with Gasteiger partial charge < -0.3 is 30.7 Å². The highest BCUT2D eigenvalue weighted by atomic mass is 79.9. The van der Waals surface area contributed by atoms with Crippen molar-refractivity contribution < 1.29 is 27.4 Å². The molecule has 1 aliphatic heterocycles. The van der Waals surface area contributed by atoms with Crippen LogP contribution >= 0.6 is 15.9 Å². The zero-order chi connectivity index (χ0) is 25.8. The molecule has 192 valence electrons. The van der Waals surface area contributed by atoms with Crippen molar-refractivity contribution in [2.75, 3.05) is 36.0 Å². The fourth-order valence-electron chi connectivity index (χ4n) is 3.43. The first-order valence-corrected chi connectivity index (χ1v) is 11.7. The predicted molar refractivity (Wildman–Crippen MR) is 129 cm³/mol. The van der Waals surface area contributed by atoms with E-state index in [1.807, 2.05) is 20.8 Å². The minimum Gasteiger partial charge on any atom is -0.444 e. The van der Waals surface area contributed by atoms with E-state index in [4.69, 9.17) is 10.5 Å². The maximum Gasteiger partial charge on any atom is 0.573 e. The number of aromatic nitrogens is 2. The van der Waals surface area contributed by atoms with Crippen LogP contribution in [0.3, 0.4) is 0 Å². The third-order valence-electron chi connectivity index (χ3n) is 5.00. The second kappa shape index (κ2) is 10.8. The number of nitrogens with one attached hydrogen (secondary N) is 2. The van der Waals surface area contributed by atoms with Crippen molar-refractivity contribution in [3.63, 3.8) is 0 Å². The summed E-state index contributed by atoms with van der Waals surface area (Å²) >= 11 is 3.25. The average Bonchev–Trinajstić information content (AvgIpc) is 3.21. The zero-order valence-electron chi connectivity index (χ0n) is 19.6. The number of halogens is 4. The van der Waals surface area contributed by atoms with E-state index in [9.17, 15) is 18.0 Å². The first-order chi connectivity index (χ1) is 16.3. The molecule has 1 unspecified atom stereocenters. The van der Waals surface area contributed by atoms with Gasteiger partial charge in [-0.05, 0) is 51.3 Å². The van der Waals surface area contributed by atoms with Crippen molar-refractivity contribution in [1.82, 2.24) is 14.9 Å². The van der Waals surface area contributed by atoms with E-state index in [2.05, 4.69) is 41.3 Å². The maximum absolute atomic E-state index is 12.7. The van der Waals surface area contributed by atoms with Crippen molar-refractivity contribution in [3.05, 3.63) is 34.4 Å². The van der Waals surface area contributed by atoms with Crippen molar-refractivity contribution >= 4 is 39.5 Å². The van der Waals surface area contributed by atoms with Crippen LogP contribution in [0.5, 0.6) is 5.75 Å². The highest BCUT2D eigenvalue weighted by molar-refractivity contribution is 9.10. The number of nitrogens with two attached hydrogens (primary N) is 1. The number of nitrogens with zero attached hydrogens (tertiary/aromatic N) is 3. The number of ether oxygens (including phenoxy) is 2. The summed E-state index contributed by atoms with van der Waals surface area (Å²) in [7, 11) is 0. The number of alkyl halides is 3. The number of likely N-dealkylation sites (tertiary alicyclic amines) is 1. The Morgan fingerprint density at radius 3 is 2.71 bits per heavy atom. The summed E-state index contributed by atoms with van der Waals surface area (Å²) in [6.07, 6.45) is -2.94. The van der Waals surface area contributed by atoms with E-state index in [0.717, 1.165) is 6.42 Å². The number of hydrogen-bond acceptors (Lipinski definition) is 8. The maximum atomic E-state index is 12.7. The van der Waals surface area contributed by atoms with Crippen LogP contribution in [0, 0.1) is 5.92 Å². The highest BCUT2D eigenvalue weighted by Gasteiger charge is 2.32. The van der Waals surface area contributed by atoms with E-state index in [-0.39, 0.29) is 41.4 Å². The SMILES string of the molecule is CC(C)(C)OC(=O)N1CCC(CNc2ncc(N)c(NCc3cc(Br)ccc3OC(F)(F)F)n2)C1. The lowest BCUT2D eigenvalue weighted by Crippen LogP contribution is -2.35. The van der Waals surface area contributed by atoms with E-state index < -0.39 is 12.0 Å². The van der Waals surface area contributed by atoms with Gasteiger partial charge in [-0.25, -0.2) is 9.78 Å². The monoisotopic (exact) mass is 560 g/mol. The van der Waals surface area contributed by atoms with Gasteiger partial charge in [0.25, 0.3) is 0 Å². The van der Waals surface area contributed by atoms with Gasteiger partial charge in [-0.3, -0.25) is 0 Å². The molecule has 1 fully saturated rings. The van der Waals surface area contributed by atoms with Crippen molar-refractivity contribution in [3.8, 4) is 5.75 Å². The molecule has 0 saturated carbocycles. The molecule has 1 saturated heterocycles. The number of rotatable bonds is 7. The molecule has 9 nitrogen and oxygen atoms in total. The van der Waals surface area contributed by atoms with Crippen LogP contribution in [0.1, 0.15) is 32.8 Å². The van der Waals surface area contributed by atoms with Crippen LogP contribution in [-0.4, -0.2) is 52.6 Å². The van der Waals surface area contributed by atoms with Gasteiger partial charge in [-0.15, -0.1) is 13.2 Å². The normalized spacial score (nSPS) is 16.2. The molecular formula is C22H28BrF3N6O3. The Balaban J connectivity index is 1.58. The number of hydrogen-bond donors (Lipinski definition) is 3. The van der Waals surface area contributed by atoms with Gasteiger partial charge >= 0.3 is 12.5 Å². The molecule has 0 radical (unpaired) electrons. The Labute approximate surface area is 209 Å². The molecule has 13 heteroatoms. The largest absolute Gasteiger partial charge is 0.573 e. The van der Waals surface area contributed by atoms with Crippen LogP contribution in [0.25, 0.3) is 0 Å². The second-order valence-electron chi connectivity index (χ2n) is 9.11. The first-order valence-electron chi connectivity index (χ1n) is 10.9. The van der Waals surface area contributed by atoms with Crippen molar-refractivity contribution in [2.24, 2.45) is 5.92 Å². The first kappa shape index (κ1) is 26.6. The molecule has 1 amide bonds. The summed E-state index contributed by atoms with van der Waals surface area (Å²) < 4.78 is 48.3.